The van der Waals surface area contributed by atoms with Gasteiger partial charge in [0.2, 0.25) is 0 Å². The van der Waals surface area contributed by atoms with Crippen LogP contribution in [-0.4, -0.2) is 9.67 Å². The van der Waals surface area contributed by atoms with Crippen molar-refractivity contribution >= 4 is 43.7 Å². The molecule has 7 rings (SSSR count). The molecule has 0 unspecified atom stereocenters. The summed E-state index contributed by atoms with van der Waals surface area (Å²) in [7, 11) is 0. The quantitative estimate of drug-likeness (QED) is 0.260. The van der Waals surface area contributed by atoms with Gasteiger partial charge >= 0.3 is 0 Å². The van der Waals surface area contributed by atoms with Gasteiger partial charge in [-0.3, -0.25) is 0 Å². The minimum Gasteiger partial charge on any atom is -0.507 e. The summed E-state index contributed by atoms with van der Waals surface area (Å²) in [5.74, 6) is 6.56. The lowest BCUT2D eigenvalue weighted by Gasteiger charge is -2.08. The van der Waals surface area contributed by atoms with E-state index in [1.807, 2.05) is 78.9 Å². The number of benzene rings is 5. The predicted molar refractivity (Wildman–Crippen MR) is 142 cm³/mol. The first-order valence-corrected chi connectivity index (χ1v) is 11.5. The van der Waals surface area contributed by atoms with Crippen LogP contribution >= 0.6 is 0 Å². The van der Waals surface area contributed by atoms with Crippen LogP contribution in [-0.2, 0) is 0 Å². The van der Waals surface area contributed by atoms with Crippen LogP contribution < -0.4 is 0 Å². The zero-order valence-corrected chi connectivity index (χ0v) is 18.7. The number of phenols is 1. The summed E-state index contributed by atoms with van der Waals surface area (Å²) in [6, 6.07) is 36.3. The SMILES string of the molecule is Oc1cc2c(cc1C#Cc1ccc3c(c1)oc1ccccc13)c1ccccc1n2-c1ccccc1. The molecule has 2 aromatic heterocycles. The summed E-state index contributed by atoms with van der Waals surface area (Å²) in [5, 5.41) is 15.3. The molecule has 0 atom stereocenters. The first-order chi connectivity index (χ1) is 17.3. The van der Waals surface area contributed by atoms with E-state index in [0.29, 0.717) is 5.56 Å². The summed E-state index contributed by atoms with van der Waals surface area (Å²) in [6.07, 6.45) is 0. The molecule has 164 valence electrons. The molecule has 0 saturated carbocycles. The summed E-state index contributed by atoms with van der Waals surface area (Å²) >= 11 is 0. The molecule has 0 aliphatic rings. The van der Waals surface area contributed by atoms with Crippen LogP contribution in [0.15, 0.2) is 114 Å². The largest absolute Gasteiger partial charge is 0.507 e. The first kappa shape index (κ1) is 19.5. The fourth-order valence-corrected chi connectivity index (χ4v) is 4.90. The molecule has 0 fully saturated rings. The Kier molecular flexibility index (Phi) is 4.21. The van der Waals surface area contributed by atoms with Gasteiger partial charge in [-0.05, 0) is 48.5 Å². The Balaban J connectivity index is 1.38. The molecule has 0 saturated heterocycles. The highest BCUT2D eigenvalue weighted by Crippen LogP contribution is 2.35. The molecule has 0 aliphatic carbocycles. The molecule has 35 heavy (non-hydrogen) atoms. The molecule has 1 N–H and O–H groups in total. The molecule has 0 radical (unpaired) electrons. The summed E-state index contributed by atoms with van der Waals surface area (Å²) in [6.45, 7) is 0. The van der Waals surface area contributed by atoms with Gasteiger partial charge in [0, 0.05) is 38.9 Å². The molecule has 2 heterocycles. The minimum absolute atomic E-state index is 0.162. The van der Waals surface area contributed by atoms with Crippen molar-refractivity contribution in [2.45, 2.75) is 0 Å². The second kappa shape index (κ2) is 7.55. The molecule has 0 spiro atoms. The van der Waals surface area contributed by atoms with Crippen molar-refractivity contribution in [1.82, 2.24) is 4.57 Å². The van der Waals surface area contributed by atoms with Gasteiger partial charge in [0.25, 0.3) is 0 Å². The van der Waals surface area contributed by atoms with Gasteiger partial charge in [-0.1, -0.05) is 66.4 Å². The Bertz CT molecular complexity index is 1960. The van der Waals surface area contributed by atoms with E-state index in [4.69, 9.17) is 4.42 Å². The Morgan fingerprint density at radius 1 is 0.571 bits per heavy atom. The number of aromatic nitrogens is 1. The third-order valence-corrected chi connectivity index (χ3v) is 6.52. The lowest BCUT2D eigenvalue weighted by molar-refractivity contribution is 0.474. The minimum atomic E-state index is 0.162. The van der Waals surface area contributed by atoms with E-state index in [2.05, 4.69) is 46.7 Å². The van der Waals surface area contributed by atoms with Crippen molar-refractivity contribution in [1.29, 1.82) is 0 Å². The highest BCUT2D eigenvalue weighted by molar-refractivity contribution is 6.10. The monoisotopic (exact) mass is 449 g/mol. The number of aromatic hydroxyl groups is 1. The van der Waals surface area contributed by atoms with E-state index in [-0.39, 0.29) is 5.75 Å². The second-order valence-electron chi connectivity index (χ2n) is 8.63. The molecule has 5 aromatic carbocycles. The third kappa shape index (κ3) is 3.08. The van der Waals surface area contributed by atoms with Gasteiger partial charge in [-0.15, -0.1) is 0 Å². The van der Waals surface area contributed by atoms with Crippen LogP contribution in [0.3, 0.4) is 0 Å². The Labute approximate surface area is 201 Å². The van der Waals surface area contributed by atoms with Gasteiger partial charge in [-0.2, -0.15) is 0 Å². The van der Waals surface area contributed by atoms with Crippen LogP contribution in [0.4, 0.5) is 0 Å². The second-order valence-corrected chi connectivity index (χ2v) is 8.63. The lowest BCUT2D eigenvalue weighted by Crippen LogP contribution is -1.93. The average Bonchev–Trinajstić information content (AvgIpc) is 3.42. The fraction of sp³-hybridized carbons (Fsp3) is 0. The van der Waals surface area contributed by atoms with E-state index in [1.54, 1.807) is 0 Å². The molecule has 3 nitrogen and oxygen atoms in total. The summed E-state index contributed by atoms with van der Waals surface area (Å²) in [4.78, 5) is 0. The van der Waals surface area contributed by atoms with Gasteiger partial charge in [-0.25, -0.2) is 0 Å². The molecule has 0 aliphatic heterocycles. The van der Waals surface area contributed by atoms with Gasteiger partial charge in [0.05, 0.1) is 16.6 Å². The first-order valence-electron chi connectivity index (χ1n) is 11.5. The maximum absolute atomic E-state index is 10.9. The van der Waals surface area contributed by atoms with Crippen LogP contribution in [0.25, 0.3) is 49.4 Å². The van der Waals surface area contributed by atoms with E-state index >= 15 is 0 Å². The number of hydrogen-bond acceptors (Lipinski definition) is 2. The lowest BCUT2D eigenvalue weighted by atomic mass is 10.1. The van der Waals surface area contributed by atoms with E-state index in [1.165, 1.54) is 0 Å². The van der Waals surface area contributed by atoms with Crippen LogP contribution in [0, 0.1) is 11.8 Å². The number of hydrogen-bond donors (Lipinski definition) is 1. The number of furan rings is 1. The van der Waals surface area contributed by atoms with Gasteiger partial charge in [0.1, 0.15) is 16.9 Å². The van der Waals surface area contributed by atoms with E-state index < -0.39 is 0 Å². The zero-order chi connectivity index (χ0) is 23.4. The average molecular weight is 450 g/mol. The van der Waals surface area contributed by atoms with Crippen molar-refractivity contribution < 1.29 is 9.52 Å². The normalized spacial score (nSPS) is 11.3. The molecule has 7 aromatic rings. The van der Waals surface area contributed by atoms with Crippen LogP contribution in [0.1, 0.15) is 11.1 Å². The van der Waals surface area contributed by atoms with E-state index in [0.717, 1.165) is 55.0 Å². The summed E-state index contributed by atoms with van der Waals surface area (Å²) < 4.78 is 8.18. The molecule has 0 bridgehead atoms. The van der Waals surface area contributed by atoms with Crippen LogP contribution in [0.2, 0.25) is 0 Å². The fourth-order valence-electron chi connectivity index (χ4n) is 4.90. The molecular formula is C32H19NO2. The van der Waals surface area contributed by atoms with Gasteiger partial charge in [0.15, 0.2) is 0 Å². The highest BCUT2D eigenvalue weighted by atomic mass is 16.3. The molecule has 3 heteroatoms. The summed E-state index contributed by atoms with van der Waals surface area (Å²) in [5.41, 5.74) is 6.20. The standard InChI is InChI=1S/C32H19NO2/c34-30-20-29-27(24-10-4-6-12-28(24)33(29)23-8-2-1-3-9-23)19-22(30)16-14-21-15-17-26-25-11-5-7-13-31(25)35-32(26)18-21/h1-13,15,17-20,34H. The predicted octanol–water partition coefficient (Wildman–Crippen LogP) is 7.79. The molecular weight excluding hydrogens is 430 g/mol. The Hall–Kier alpha value is -4.94. The van der Waals surface area contributed by atoms with Crippen molar-refractivity contribution in [3.05, 3.63) is 120 Å². The Morgan fingerprint density at radius 3 is 2.20 bits per heavy atom. The van der Waals surface area contributed by atoms with Crippen molar-refractivity contribution in [3.8, 4) is 23.3 Å². The third-order valence-electron chi connectivity index (χ3n) is 6.52. The topological polar surface area (TPSA) is 38.3 Å². The maximum atomic E-state index is 10.9. The van der Waals surface area contributed by atoms with Crippen molar-refractivity contribution in [3.63, 3.8) is 0 Å². The van der Waals surface area contributed by atoms with Crippen molar-refractivity contribution in [2.75, 3.05) is 0 Å². The number of fused-ring (bicyclic) bond motifs is 6. The Morgan fingerprint density at radius 2 is 1.31 bits per heavy atom. The number of rotatable bonds is 1. The number of para-hydroxylation sites is 3. The van der Waals surface area contributed by atoms with Crippen LogP contribution in [0.5, 0.6) is 5.75 Å². The van der Waals surface area contributed by atoms with Gasteiger partial charge < -0.3 is 14.1 Å². The smallest absolute Gasteiger partial charge is 0.136 e. The van der Waals surface area contributed by atoms with Crippen molar-refractivity contribution in [2.24, 2.45) is 0 Å². The zero-order valence-electron chi connectivity index (χ0n) is 18.7. The number of nitrogens with zero attached hydrogens (tertiary/aromatic N) is 1. The number of phenolic OH excluding ortho intramolecular Hbond substituents is 1. The molecule has 0 amide bonds. The van der Waals surface area contributed by atoms with E-state index in [9.17, 15) is 5.11 Å². The highest BCUT2D eigenvalue weighted by Gasteiger charge is 2.14. The maximum Gasteiger partial charge on any atom is 0.136 e.